The van der Waals surface area contributed by atoms with Crippen LogP contribution in [0.2, 0.25) is 0 Å². The van der Waals surface area contributed by atoms with Crippen molar-refractivity contribution in [3.63, 3.8) is 0 Å². The van der Waals surface area contributed by atoms with Crippen molar-refractivity contribution in [2.45, 2.75) is 43.3 Å². The van der Waals surface area contributed by atoms with Gasteiger partial charge < -0.3 is 10.0 Å². The summed E-state index contributed by atoms with van der Waals surface area (Å²) in [6.07, 6.45) is 4.27. The molecule has 4 nitrogen and oxygen atoms in total. The number of para-hydroxylation sites is 1. The molecule has 1 N–H and O–H groups in total. The standard InChI is InChI=1S/C20H22N2O2/c1-3-10-9-22-13-7-11(10)16-14(22)8-20(19(16)24)12-5-4-6-15(23)17(12)21(2)18(13)20/h3-6,11,13-14,16,18,23H,7-9H2,1-2H3/b10-3+/t11-,13-,14-,16-,18-,20-/m0/s1. The van der Waals surface area contributed by atoms with Crippen LogP contribution in [0.5, 0.6) is 5.75 Å². The summed E-state index contributed by atoms with van der Waals surface area (Å²) in [5.41, 5.74) is 3.06. The number of phenols is 1. The van der Waals surface area contributed by atoms with Crippen molar-refractivity contribution in [3.05, 3.63) is 35.4 Å². The molecule has 4 saturated heterocycles. The Morgan fingerprint density at radius 1 is 1.33 bits per heavy atom. The number of anilines is 1. The highest BCUT2D eigenvalue weighted by molar-refractivity contribution is 6.02. The number of fused-ring (bicyclic) bond motifs is 2. The average Bonchev–Trinajstić information content (AvgIpc) is 2.98. The van der Waals surface area contributed by atoms with E-state index < -0.39 is 5.41 Å². The number of piperidine rings is 4. The lowest BCUT2D eigenvalue weighted by atomic mass is 9.65. The van der Waals surface area contributed by atoms with E-state index in [0.29, 0.717) is 29.5 Å². The van der Waals surface area contributed by atoms with Gasteiger partial charge in [0.05, 0.1) is 17.1 Å². The number of phenolic OH excluding ortho intramolecular Hbond substituents is 1. The Balaban J connectivity index is 1.64. The van der Waals surface area contributed by atoms with Crippen LogP contribution < -0.4 is 4.90 Å². The number of allylic oxidation sites excluding steroid dienone is 1. The van der Waals surface area contributed by atoms with E-state index in [9.17, 15) is 9.90 Å². The summed E-state index contributed by atoms with van der Waals surface area (Å²) in [7, 11) is 2.07. The summed E-state index contributed by atoms with van der Waals surface area (Å²) >= 11 is 0. The number of hydrogen-bond donors (Lipinski definition) is 1. The Morgan fingerprint density at radius 2 is 2.17 bits per heavy atom. The zero-order valence-corrected chi connectivity index (χ0v) is 14.1. The van der Waals surface area contributed by atoms with Crippen molar-refractivity contribution in [3.8, 4) is 5.75 Å². The molecule has 7 atom stereocenters. The average molecular weight is 322 g/mol. The molecule has 1 unspecified atom stereocenters. The van der Waals surface area contributed by atoms with Crippen LogP contribution in [0.3, 0.4) is 0 Å². The first kappa shape index (κ1) is 13.5. The summed E-state index contributed by atoms with van der Waals surface area (Å²) in [6, 6.07) is 6.76. The van der Waals surface area contributed by atoms with Crippen LogP contribution in [0.25, 0.3) is 0 Å². The quantitative estimate of drug-likeness (QED) is 0.743. The molecule has 5 heterocycles. The maximum Gasteiger partial charge on any atom is 0.150 e. The number of hydrogen-bond acceptors (Lipinski definition) is 4. The molecule has 7 rings (SSSR count). The molecule has 4 heteroatoms. The van der Waals surface area contributed by atoms with Gasteiger partial charge in [-0.25, -0.2) is 0 Å². The molecule has 1 aromatic rings. The van der Waals surface area contributed by atoms with E-state index in [-0.39, 0.29) is 12.0 Å². The maximum atomic E-state index is 13.8. The number of likely N-dealkylation sites (N-methyl/N-ethyl adjacent to an activating group) is 1. The van der Waals surface area contributed by atoms with Crippen molar-refractivity contribution < 1.29 is 9.90 Å². The lowest BCUT2D eigenvalue weighted by Gasteiger charge is -2.58. The minimum Gasteiger partial charge on any atom is -0.506 e. The smallest absolute Gasteiger partial charge is 0.150 e. The third-order valence-electron chi connectivity index (χ3n) is 7.82. The number of rotatable bonds is 0. The predicted molar refractivity (Wildman–Crippen MR) is 91.2 cm³/mol. The van der Waals surface area contributed by atoms with E-state index in [0.717, 1.165) is 30.6 Å². The molecule has 5 fully saturated rings. The van der Waals surface area contributed by atoms with Crippen molar-refractivity contribution >= 4 is 11.5 Å². The first-order chi connectivity index (χ1) is 11.6. The first-order valence-corrected chi connectivity index (χ1v) is 9.10. The second-order valence-electron chi connectivity index (χ2n) is 8.31. The number of ketones is 1. The first-order valence-electron chi connectivity index (χ1n) is 9.10. The van der Waals surface area contributed by atoms with Crippen LogP contribution in [0.4, 0.5) is 5.69 Å². The number of carbonyl (C=O) groups excluding carboxylic acids is 1. The third-order valence-corrected chi connectivity index (χ3v) is 7.82. The lowest BCUT2D eigenvalue weighted by molar-refractivity contribution is -0.126. The highest BCUT2D eigenvalue weighted by Crippen LogP contribution is 2.67. The highest BCUT2D eigenvalue weighted by atomic mass is 16.3. The van der Waals surface area contributed by atoms with Crippen LogP contribution in [-0.2, 0) is 10.2 Å². The van der Waals surface area contributed by atoms with Crippen LogP contribution in [-0.4, -0.2) is 47.5 Å². The summed E-state index contributed by atoms with van der Waals surface area (Å²) < 4.78 is 0. The Hall–Kier alpha value is -1.81. The fourth-order valence-electron chi connectivity index (χ4n) is 7.14. The Morgan fingerprint density at radius 3 is 2.96 bits per heavy atom. The molecule has 5 bridgehead atoms. The van der Waals surface area contributed by atoms with Crippen molar-refractivity contribution in [1.29, 1.82) is 0 Å². The van der Waals surface area contributed by atoms with Crippen molar-refractivity contribution in [1.82, 2.24) is 4.90 Å². The molecule has 24 heavy (non-hydrogen) atoms. The molecule has 1 spiro atoms. The zero-order chi connectivity index (χ0) is 16.4. The molecular formula is C20H22N2O2. The number of benzene rings is 1. The molecule has 1 saturated carbocycles. The zero-order valence-electron chi connectivity index (χ0n) is 14.1. The van der Waals surface area contributed by atoms with Gasteiger partial charge in [0.1, 0.15) is 5.75 Å². The Kier molecular flexibility index (Phi) is 2.18. The molecule has 5 aliphatic heterocycles. The number of aromatic hydroxyl groups is 1. The Bertz CT molecular complexity index is 831. The molecular weight excluding hydrogens is 300 g/mol. The summed E-state index contributed by atoms with van der Waals surface area (Å²) in [5.74, 6) is 1.37. The maximum absolute atomic E-state index is 13.8. The van der Waals surface area contributed by atoms with Crippen LogP contribution in [0, 0.1) is 11.8 Å². The second kappa shape index (κ2) is 3.88. The molecule has 0 aromatic heterocycles. The van der Waals surface area contributed by atoms with Crippen LogP contribution >= 0.6 is 0 Å². The van der Waals surface area contributed by atoms with Gasteiger partial charge in [-0.05, 0) is 37.3 Å². The molecule has 1 aromatic carbocycles. The van der Waals surface area contributed by atoms with E-state index in [1.54, 1.807) is 6.07 Å². The van der Waals surface area contributed by atoms with Gasteiger partial charge in [0.2, 0.25) is 0 Å². The lowest BCUT2D eigenvalue weighted by Crippen LogP contribution is -2.68. The van der Waals surface area contributed by atoms with Crippen LogP contribution in [0.15, 0.2) is 29.8 Å². The van der Waals surface area contributed by atoms with Gasteiger partial charge in [0, 0.05) is 31.6 Å². The topological polar surface area (TPSA) is 43.8 Å². The fraction of sp³-hybridized carbons (Fsp3) is 0.550. The van der Waals surface area contributed by atoms with Gasteiger partial charge in [-0.2, -0.15) is 0 Å². The number of carbonyl (C=O) groups is 1. The third kappa shape index (κ3) is 1.13. The predicted octanol–water partition coefficient (Wildman–Crippen LogP) is 2.07. The van der Waals surface area contributed by atoms with Gasteiger partial charge in [0.25, 0.3) is 0 Å². The number of nitrogens with zero attached hydrogens (tertiary/aromatic N) is 2. The molecule has 6 aliphatic rings. The second-order valence-corrected chi connectivity index (χ2v) is 8.31. The van der Waals surface area contributed by atoms with E-state index in [2.05, 4.69) is 35.9 Å². The van der Waals surface area contributed by atoms with E-state index >= 15 is 0 Å². The molecule has 0 amide bonds. The molecule has 1 aliphatic carbocycles. The molecule has 0 radical (unpaired) electrons. The highest BCUT2D eigenvalue weighted by Gasteiger charge is 2.74. The van der Waals surface area contributed by atoms with Gasteiger partial charge in [0.15, 0.2) is 5.78 Å². The normalized spacial score (nSPS) is 48.3. The minimum atomic E-state index is -0.392. The molecule has 124 valence electrons. The minimum absolute atomic E-state index is 0.160. The summed E-state index contributed by atoms with van der Waals surface area (Å²) in [6.45, 7) is 3.15. The largest absolute Gasteiger partial charge is 0.506 e. The summed E-state index contributed by atoms with van der Waals surface area (Å²) in [4.78, 5) is 18.6. The van der Waals surface area contributed by atoms with E-state index in [4.69, 9.17) is 0 Å². The van der Waals surface area contributed by atoms with Gasteiger partial charge in [-0.1, -0.05) is 23.8 Å². The number of Topliss-reactive ketones (excluding diaryl/α,β-unsaturated/α-hetero) is 1. The van der Waals surface area contributed by atoms with Crippen molar-refractivity contribution in [2.24, 2.45) is 11.8 Å². The van der Waals surface area contributed by atoms with Gasteiger partial charge in [-0.3, -0.25) is 9.69 Å². The fourth-order valence-corrected chi connectivity index (χ4v) is 7.14. The van der Waals surface area contributed by atoms with Gasteiger partial charge >= 0.3 is 0 Å². The van der Waals surface area contributed by atoms with Gasteiger partial charge in [-0.15, -0.1) is 0 Å². The summed E-state index contributed by atoms with van der Waals surface area (Å²) in [5, 5.41) is 10.5. The van der Waals surface area contributed by atoms with E-state index in [1.165, 1.54) is 5.57 Å². The van der Waals surface area contributed by atoms with E-state index in [1.807, 2.05) is 6.07 Å². The SMILES string of the molecule is C/C=C1\CN2[C@H]3C[C@@]45C(=O)[C@H]3[C@H]1C[C@H]2[C@@H]4N(C)c1c(O)cccc15. The monoisotopic (exact) mass is 322 g/mol. The van der Waals surface area contributed by atoms with Crippen molar-refractivity contribution in [2.75, 3.05) is 18.5 Å². The Labute approximate surface area is 141 Å². The van der Waals surface area contributed by atoms with Crippen LogP contribution in [0.1, 0.15) is 25.3 Å².